The summed E-state index contributed by atoms with van der Waals surface area (Å²) < 4.78 is 15.6. The zero-order valence-corrected chi connectivity index (χ0v) is 12.5. The first-order chi connectivity index (χ1) is 9.58. The predicted molar refractivity (Wildman–Crippen MR) is 79.3 cm³/mol. The standard InChI is InChI=1S/C15H19ClFN3/c1-3-13-15(16)14(20(4-2)19-13)9-12(18)10-7-5-6-8-11(10)17/h5-8,12H,3-4,9,18H2,1-2H3. The topological polar surface area (TPSA) is 43.8 Å². The summed E-state index contributed by atoms with van der Waals surface area (Å²) in [5.41, 5.74) is 8.38. The molecule has 0 fully saturated rings. The van der Waals surface area contributed by atoms with Crippen LogP contribution >= 0.6 is 11.6 Å². The molecule has 0 amide bonds. The van der Waals surface area contributed by atoms with Crippen molar-refractivity contribution in [2.45, 2.75) is 39.3 Å². The molecule has 1 atom stereocenters. The van der Waals surface area contributed by atoms with Gasteiger partial charge in [-0.15, -0.1) is 0 Å². The highest BCUT2D eigenvalue weighted by atomic mass is 35.5. The molecule has 2 N–H and O–H groups in total. The van der Waals surface area contributed by atoms with Gasteiger partial charge >= 0.3 is 0 Å². The summed E-state index contributed by atoms with van der Waals surface area (Å²) in [5.74, 6) is -0.283. The molecule has 2 rings (SSSR count). The fraction of sp³-hybridized carbons (Fsp3) is 0.400. The average molecular weight is 296 g/mol. The Morgan fingerprint density at radius 2 is 2.05 bits per heavy atom. The molecule has 0 bridgehead atoms. The number of hydrogen-bond donors (Lipinski definition) is 1. The minimum absolute atomic E-state index is 0.283. The number of rotatable bonds is 5. The van der Waals surface area contributed by atoms with E-state index in [4.69, 9.17) is 17.3 Å². The highest BCUT2D eigenvalue weighted by Crippen LogP contribution is 2.26. The van der Waals surface area contributed by atoms with Gasteiger partial charge in [0.05, 0.1) is 16.4 Å². The maximum Gasteiger partial charge on any atom is 0.127 e. The van der Waals surface area contributed by atoms with Crippen LogP contribution in [0.15, 0.2) is 24.3 Å². The molecule has 0 saturated heterocycles. The molecule has 1 aromatic carbocycles. The molecular weight excluding hydrogens is 277 g/mol. The normalized spacial score (nSPS) is 12.7. The molecule has 0 radical (unpaired) electrons. The van der Waals surface area contributed by atoms with E-state index in [1.54, 1.807) is 18.2 Å². The number of benzene rings is 1. The first-order valence-corrected chi connectivity index (χ1v) is 7.20. The van der Waals surface area contributed by atoms with Gasteiger partial charge in [0, 0.05) is 24.6 Å². The Labute approximate surface area is 123 Å². The van der Waals surface area contributed by atoms with Crippen LogP contribution in [0.3, 0.4) is 0 Å². The Hall–Kier alpha value is -1.39. The Kier molecular flexibility index (Phi) is 4.78. The number of halogens is 2. The number of aromatic nitrogens is 2. The molecule has 0 aliphatic rings. The van der Waals surface area contributed by atoms with E-state index in [-0.39, 0.29) is 5.82 Å². The van der Waals surface area contributed by atoms with E-state index >= 15 is 0 Å². The number of aryl methyl sites for hydroxylation is 2. The maximum atomic E-state index is 13.8. The van der Waals surface area contributed by atoms with Gasteiger partial charge in [0.25, 0.3) is 0 Å². The van der Waals surface area contributed by atoms with Crippen molar-refractivity contribution in [1.82, 2.24) is 9.78 Å². The van der Waals surface area contributed by atoms with E-state index in [1.165, 1.54) is 6.07 Å². The predicted octanol–water partition coefficient (Wildman–Crippen LogP) is 3.50. The van der Waals surface area contributed by atoms with Crippen molar-refractivity contribution in [2.75, 3.05) is 0 Å². The van der Waals surface area contributed by atoms with E-state index < -0.39 is 6.04 Å². The summed E-state index contributed by atoms with van der Waals surface area (Å²) in [4.78, 5) is 0. The van der Waals surface area contributed by atoms with Gasteiger partial charge in [0.15, 0.2) is 0 Å². The minimum Gasteiger partial charge on any atom is -0.324 e. The van der Waals surface area contributed by atoms with Gasteiger partial charge in [0.1, 0.15) is 5.82 Å². The Morgan fingerprint density at radius 1 is 1.35 bits per heavy atom. The van der Waals surface area contributed by atoms with Gasteiger partial charge in [-0.1, -0.05) is 36.7 Å². The van der Waals surface area contributed by atoms with Crippen LogP contribution in [0.4, 0.5) is 4.39 Å². The van der Waals surface area contributed by atoms with Crippen LogP contribution in [0.2, 0.25) is 5.02 Å². The monoisotopic (exact) mass is 295 g/mol. The second-order valence-corrected chi connectivity index (χ2v) is 5.09. The zero-order chi connectivity index (χ0) is 14.7. The van der Waals surface area contributed by atoms with Crippen molar-refractivity contribution in [3.63, 3.8) is 0 Å². The highest BCUT2D eigenvalue weighted by Gasteiger charge is 2.19. The molecule has 1 aromatic heterocycles. The molecule has 1 heterocycles. The van der Waals surface area contributed by atoms with Crippen molar-refractivity contribution >= 4 is 11.6 Å². The summed E-state index contributed by atoms with van der Waals surface area (Å²) in [6, 6.07) is 6.14. The van der Waals surface area contributed by atoms with Crippen LogP contribution < -0.4 is 5.73 Å². The van der Waals surface area contributed by atoms with Gasteiger partial charge in [-0.2, -0.15) is 5.10 Å². The lowest BCUT2D eigenvalue weighted by molar-refractivity contribution is 0.555. The zero-order valence-electron chi connectivity index (χ0n) is 11.7. The van der Waals surface area contributed by atoms with Crippen LogP contribution in [0.1, 0.15) is 36.8 Å². The van der Waals surface area contributed by atoms with Crippen LogP contribution in [-0.4, -0.2) is 9.78 Å². The number of hydrogen-bond acceptors (Lipinski definition) is 2. The van der Waals surface area contributed by atoms with Crippen LogP contribution in [0.5, 0.6) is 0 Å². The lowest BCUT2D eigenvalue weighted by Crippen LogP contribution is -2.17. The second kappa shape index (κ2) is 6.37. The van der Waals surface area contributed by atoms with E-state index in [0.29, 0.717) is 17.0 Å². The maximum absolute atomic E-state index is 13.8. The van der Waals surface area contributed by atoms with Crippen molar-refractivity contribution in [3.8, 4) is 0 Å². The number of nitrogens with two attached hydrogens (primary N) is 1. The highest BCUT2D eigenvalue weighted by molar-refractivity contribution is 6.31. The Balaban J connectivity index is 2.30. The molecule has 0 saturated carbocycles. The summed E-state index contributed by atoms with van der Waals surface area (Å²) in [5, 5.41) is 5.11. The van der Waals surface area contributed by atoms with Crippen molar-refractivity contribution < 1.29 is 4.39 Å². The SMILES string of the molecule is CCc1nn(CC)c(CC(N)c2ccccc2F)c1Cl. The molecule has 3 nitrogen and oxygen atoms in total. The molecule has 0 spiro atoms. The van der Waals surface area contributed by atoms with Gasteiger partial charge in [-0.25, -0.2) is 4.39 Å². The lowest BCUT2D eigenvalue weighted by atomic mass is 10.0. The summed E-state index contributed by atoms with van der Waals surface area (Å²) in [7, 11) is 0. The lowest BCUT2D eigenvalue weighted by Gasteiger charge is -2.14. The van der Waals surface area contributed by atoms with Crippen molar-refractivity contribution in [3.05, 3.63) is 52.1 Å². The molecule has 5 heteroatoms. The molecular formula is C15H19ClFN3. The Bertz CT molecular complexity index is 595. The summed E-state index contributed by atoms with van der Waals surface area (Å²) >= 11 is 6.35. The number of nitrogens with zero attached hydrogens (tertiary/aromatic N) is 2. The average Bonchev–Trinajstić information content (AvgIpc) is 2.75. The summed E-state index contributed by atoms with van der Waals surface area (Å²) in [6.45, 7) is 4.73. The van der Waals surface area contributed by atoms with Crippen molar-refractivity contribution in [1.29, 1.82) is 0 Å². The van der Waals surface area contributed by atoms with E-state index in [9.17, 15) is 4.39 Å². The Morgan fingerprint density at radius 3 is 2.65 bits per heavy atom. The molecule has 108 valence electrons. The smallest absolute Gasteiger partial charge is 0.127 e. The third-order valence-electron chi connectivity index (χ3n) is 3.41. The molecule has 20 heavy (non-hydrogen) atoms. The van der Waals surface area contributed by atoms with Gasteiger partial charge in [-0.3, -0.25) is 4.68 Å². The quantitative estimate of drug-likeness (QED) is 0.917. The largest absolute Gasteiger partial charge is 0.324 e. The van der Waals surface area contributed by atoms with Crippen LogP contribution in [0.25, 0.3) is 0 Å². The minimum atomic E-state index is -0.430. The first kappa shape index (κ1) is 15.0. The molecule has 1 unspecified atom stereocenters. The molecule has 0 aliphatic carbocycles. The fourth-order valence-corrected chi connectivity index (χ4v) is 2.65. The third kappa shape index (κ3) is 2.86. The fourth-order valence-electron chi connectivity index (χ4n) is 2.31. The van der Waals surface area contributed by atoms with Crippen LogP contribution in [-0.2, 0) is 19.4 Å². The molecule has 2 aromatic rings. The van der Waals surface area contributed by atoms with E-state index in [0.717, 1.165) is 24.4 Å². The second-order valence-electron chi connectivity index (χ2n) is 4.71. The van der Waals surface area contributed by atoms with E-state index in [1.807, 2.05) is 18.5 Å². The van der Waals surface area contributed by atoms with Gasteiger partial charge in [0.2, 0.25) is 0 Å². The summed E-state index contributed by atoms with van der Waals surface area (Å²) in [6.07, 6.45) is 1.24. The van der Waals surface area contributed by atoms with E-state index in [2.05, 4.69) is 5.10 Å². The first-order valence-electron chi connectivity index (χ1n) is 6.82. The van der Waals surface area contributed by atoms with Gasteiger partial charge < -0.3 is 5.73 Å². The van der Waals surface area contributed by atoms with Crippen LogP contribution in [0, 0.1) is 5.82 Å². The van der Waals surface area contributed by atoms with Crippen molar-refractivity contribution in [2.24, 2.45) is 5.73 Å². The third-order valence-corrected chi connectivity index (χ3v) is 3.85. The molecule has 0 aliphatic heterocycles. The van der Waals surface area contributed by atoms with Gasteiger partial charge in [-0.05, 0) is 19.4 Å².